The summed E-state index contributed by atoms with van der Waals surface area (Å²) in [5.74, 6) is -0.712. The molecule has 112 valence electrons. The maximum absolute atomic E-state index is 12.5. The summed E-state index contributed by atoms with van der Waals surface area (Å²) in [6.07, 6.45) is 0.597. The number of carbonyl (C=O) groups excluding carboxylic acids is 3. The number of benzene rings is 1. The van der Waals surface area contributed by atoms with Crippen LogP contribution in [0.3, 0.4) is 0 Å². The number of amides is 3. The van der Waals surface area contributed by atoms with Crippen molar-refractivity contribution in [2.45, 2.75) is 25.4 Å². The van der Waals surface area contributed by atoms with Gasteiger partial charge in [-0.25, -0.2) is 0 Å². The highest BCUT2D eigenvalue weighted by Crippen LogP contribution is 2.36. The molecular weight excluding hydrogens is 352 g/mol. The second kappa shape index (κ2) is 4.67. The largest absolute Gasteiger partial charge is 0.450 e. The molecule has 1 aromatic heterocycles. The lowest BCUT2D eigenvalue weighted by molar-refractivity contribution is -0.136. The molecule has 0 saturated carbocycles. The Balaban J connectivity index is 1.70. The molecule has 0 bridgehead atoms. The molecule has 3 amide bonds. The van der Waals surface area contributed by atoms with Crippen LogP contribution in [0.1, 0.15) is 29.0 Å². The molecule has 1 atom stereocenters. The minimum atomic E-state index is -0.613. The van der Waals surface area contributed by atoms with Gasteiger partial charge in [-0.1, -0.05) is 15.9 Å². The molecule has 7 heteroatoms. The standard InChI is InChI=1S/C15H11BrN2O4/c16-7-1-2-8-9-6-18(10-3-4-12(19)17-14(10)20)15(21)13(9)22-11(8)5-7/h1-2,5,10H,3-4,6H2,(H,17,19,20). The second-order valence-corrected chi connectivity index (χ2v) is 6.37. The normalized spacial score (nSPS) is 21.4. The maximum Gasteiger partial charge on any atom is 0.290 e. The van der Waals surface area contributed by atoms with E-state index in [1.165, 1.54) is 4.90 Å². The predicted molar refractivity (Wildman–Crippen MR) is 80.0 cm³/mol. The Morgan fingerprint density at radius 2 is 2.09 bits per heavy atom. The molecule has 1 N–H and O–H groups in total. The van der Waals surface area contributed by atoms with Gasteiger partial charge in [-0.05, 0) is 24.6 Å². The number of halogens is 1. The zero-order chi connectivity index (χ0) is 15.4. The Labute approximate surface area is 133 Å². The monoisotopic (exact) mass is 362 g/mol. The molecule has 0 spiro atoms. The van der Waals surface area contributed by atoms with E-state index in [0.717, 1.165) is 15.4 Å². The smallest absolute Gasteiger partial charge is 0.290 e. The molecule has 3 heterocycles. The van der Waals surface area contributed by atoms with Crippen molar-refractivity contribution in [1.82, 2.24) is 10.2 Å². The van der Waals surface area contributed by atoms with Crippen molar-refractivity contribution in [2.24, 2.45) is 0 Å². The number of fused-ring (bicyclic) bond motifs is 3. The first-order valence-corrected chi connectivity index (χ1v) is 7.69. The molecule has 1 fully saturated rings. The fourth-order valence-corrected chi connectivity index (χ4v) is 3.40. The van der Waals surface area contributed by atoms with Gasteiger partial charge >= 0.3 is 0 Å². The lowest BCUT2D eigenvalue weighted by Crippen LogP contribution is -2.52. The number of rotatable bonds is 1. The molecule has 1 saturated heterocycles. The Bertz CT molecular complexity index is 841. The first-order chi connectivity index (χ1) is 10.5. The van der Waals surface area contributed by atoms with E-state index in [-0.39, 0.29) is 24.0 Å². The topological polar surface area (TPSA) is 79.6 Å². The molecule has 1 aromatic carbocycles. The molecule has 0 aliphatic carbocycles. The number of piperidine rings is 1. The molecule has 6 nitrogen and oxygen atoms in total. The summed E-state index contributed by atoms with van der Waals surface area (Å²) in [5, 5.41) is 3.16. The third-order valence-corrected chi connectivity index (χ3v) is 4.62. The van der Waals surface area contributed by atoms with Gasteiger partial charge in [0.2, 0.25) is 11.8 Å². The Morgan fingerprint density at radius 3 is 2.86 bits per heavy atom. The highest BCUT2D eigenvalue weighted by Gasteiger charge is 2.41. The average Bonchev–Trinajstić information content (AvgIpc) is 2.96. The van der Waals surface area contributed by atoms with Gasteiger partial charge in [0.1, 0.15) is 11.6 Å². The summed E-state index contributed by atoms with van der Waals surface area (Å²) >= 11 is 3.37. The molecule has 22 heavy (non-hydrogen) atoms. The van der Waals surface area contributed by atoms with Crippen LogP contribution < -0.4 is 5.32 Å². The second-order valence-electron chi connectivity index (χ2n) is 5.45. The lowest BCUT2D eigenvalue weighted by Gasteiger charge is -2.29. The van der Waals surface area contributed by atoms with Crippen LogP contribution in [0.4, 0.5) is 0 Å². The van der Waals surface area contributed by atoms with Crippen LogP contribution in [0.15, 0.2) is 27.1 Å². The van der Waals surface area contributed by atoms with Crippen LogP contribution in [-0.2, 0) is 16.1 Å². The summed E-state index contributed by atoms with van der Waals surface area (Å²) in [6, 6.07) is 4.98. The molecule has 1 unspecified atom stereocenters. The van der Waals surface area contributed by atoms with E-state index >= 15 is 0 Å². The van der Waals surface area contributed by atoms with E-state index in [1.807, 2.05) is 18.2 Å². The van der Waals surface area contributed by atoms with E-state index < -0.39 is 11.9 Å². The number of hydrogen-bond acceptors (Lipinski definition) is 4. The number of nitrogens with zero attached hydrogens (tertiary/aromatic N) is 1. The number of nitrogens with one attached hydrogen (secondary N) is 1. The van der Waals surface area contributed by atoms with Gasteiger partial charge in [0.25, 0.3) is 5.91 Å². The minimum absolute atomic E-state index is 0.245. The molecule has 4 rings (SSSR count). The Hall–Kier alpha value is -2.15. The van der Waals surface area contributed by atoms with Crippen molar-refractivity contribution >= 4 is 44.6 Å². The third kappa shape index (κ3) is 1.89. The van der Waals surface area contributed by atoms with E-state index in [2.05, 4.69) is 21.2 Å². The van der Waals surface area contributed by atoms with Crippen LogP contribution in [0.2, 0.25) is 0 Å². The van der Waals surface area contributed by atoms with Crippen LogP contribution in [0, 0.1) is 0 Å². The van der Waals surface area contributed by atoms with Crippen LogP contribution >= 0.6 is 15.9 Å². The molecule has 2 aliphatic rings. The van der Waals surface area contributed by atoms with Crippen molar-refractivity contribution in [3.8, 4) is 0 Å². The van der Waals surface area contributed by atoms with Crippen molar-refractivity contribution in [1.29, 1.82) is 0 Å². The summed E-state index contributed by atoms with van der Waals surface area (Å²) < 4.78 is 6.54. The first kappa shape index (κ1) is 13.5. The van der Waals surface area contributed by atoms with Crippen LogP contribution in [0.5, 0.6) is 0 Å². The Morgan fingerprint density at radius 1 is 1.27 bits per heavy atom. The van der Waals surface area contributed by atoms with Gasteiger partial charge in [-0.2, -0.15) is 0 Å². The quantitative estimate of drug-likeness (QED) is 0.786. The van der Waals surface area contributed by atoms with Crippen molar-refractivity contribution in [3.63, 3.8) is 0 Å². The molecular formula is C15H11BrN2O4. The fraction of sp³-hybridized carbons (Fsp3) is 0.267. The summed E-state index contributed by atoms with van der Waals surface area (Å²) in [6.45, 7) is 0.328. The zero-order valence-corrected chi connectivity index (χ0v) is 13.0. The van der Waals surface area contributed by atoms with E-state index in [9.17, 15) is 14.4 Å². The van der Waals surface area contributed by atoms with Crippen LogP contribution in [0.25, 0.3) is 11.0 Å². The van der Waals surface area contributed by atoms with Gasteiger partial charge in [-0.3, -0.25) is 19.7 Å². The third-order valence-electron chi connectivity index (χ3n) is 4.12. The van der Waals surface area contributed by atoms with Gasteiger partial charge < -0.3 is 9.32 Å². The summed E-state index contributed by atoms with van der Waals surface area (Å²) in [4.78, 5) is 37.2. The molecule has 2 aromatic rings. The highest BCUT2D eigenvalue weighted by molar-refractivity contribution is 9.10. The van der Waals surface area contributed by atoms with Crippen LogP contribution in [-0.4, -0.2) is 28.7 Å². The lowest BCUT2D eigenvalue weighted by atomic mass is 10.0. The van der Waals surface area contributed by atoms with E-state index in [0.29, 0.717) is 18.5 Å². The van der Waals surface area contributed by atoms with Crippen molar-refractivity contribution in [3.05, 3.63) is 34.0 Å². The van der Waals surface area contributed by atoms with E-state index in [4.69, 9.17) is 4.42 Å². The molecule has 0 radical (unpaired) electrons. The molecule has 2 aliphatic heterocycles. The van der Waals surface area contributed by atoms with E-state index in [1.54, 1.807) is 0 Å². The number of carbonyl (C=O) groups is 3. The number of furan rings is 1. The van der Waals surface area contributed by atoms with Gasteiger partial charge in [0.15, 0.2) is 5.76 Å². The minimum Gasteiger partial charge on any atom is -0.450 e. The first-order valence-electron chi connectivity index (χ1n) is 6.90. The summed E-state index contributed by atoms with van der Waals surface area (Å²) in [5.41, 5.74) is 1.45. The summed E-state index contributed by atoms with van der Waals surface area (Å²) in [7, 11) is 0. The fourth-order valence-electron chi connectivity index (χ4n) is 3.06. The maximum atomic E-state index is 12.5. The van der Waals surface area contributed by atoms with Gasteiger partial charge in [-0.15, -0.1) is 0 Å². The Kier molecular flexibility index (Phi) is 2.87. The van der Waals surface area contributed by atoms with Gasteiger partial charge in [0, 0.05) is 21.8 Å². The zero-order valence-electron chi connectivity index (χ0n) is 11.4. The SMILES string of the molecule is O=C1CCC(N2Cc3c(oc4cc(Br)ccc34)C2=O)C(=O)N1. The number of imide groups is 1. The average molecular weight is 363 g/mol. The highest BCUT2D eigenvalue weighted by atomic mass is 79.9. The van der Waals surface area contributed by atoms with Crippen molar-refractivity contribution in [2.75, 3.05) is 0 Å². The van der Waals surface area contributed by atoms with Crippen molar-refractivity contribution < 1.29 is 18.8 Å². The van der Waals surface area contributed by atoms with Gasteiger partial charge in [0.05, 0.1) is 6.54 Å². The number of hydrogen-bond donors (Lipinski definition) is 1. The predicted octanol–water partition coefficient (Wildman–Crippen LogP) is 1.96.